The van der Waals surface area contributed by atoms with Crippen molar-refractivity contribution in [1.29, 1.82) is 0 Å². The molecule has 3 aromatic rings. The Morgan fingerprint density at radius 1 is 1.10 bits per heavy atom. The molecular weight excluding hydrogens is 408 g/mol. The molecule has 1 aliphatic heterocycles. The van der Waals surface area contributed by atoms with Crippen molar-refractivity contribution in [2.45, 2.75) is 5.75 Å². The molecule has 1 aliphatic rings. The van der Waals surface area contributed by atoms with Crippen LogP contribution in [0.2, 0.25) is 0 Å². The van der Waals surface area contributed by atoms with Crippen LogP contribution in [0.5, 0.6) is 0 Å². The summed E-state index contributed by atoms with van der Waals surface area (Å²) in [5.41, 5.74) is 2.06. The Bertz CT molecular complexity index is 981. The van der Waals surface area contributed by atoms with Gasteiger partial charge in [-0.3, -0.25) is 14.9 Å². The van der Waals surface area contributed by atoms with E-state index in [4.69, 9.17) is 0 Å². The molecule has 1 amide bonds. The summed E-state index contributed by atoms with van der Waals surface area (Å²) in [4.78, 5) is 31.5. The molecular formula is C20H20N4O3S2. The number of nitro groups is 1. The average molecular weight is 429 g/mol. The molecule has 4 rings (SSSR count). The Kier molecular flexibility index (Phi) is 5.96. The van der Waals surface area contributed by atoms with Crippen molar-refractivity contribution in [1.82, 2.24) is 9.88 Å². The highest BCUT2D eigenvalue weighted by Crippen LogP contribution is 2.25. The number of anilines is 1. The van der Waals surface area contributed by atoms with Crippen LogP contribution in [0.3, 0.4) is 0 Å². The summed E-state index contributed by atoms with van der Waals surface area (Å²) in [5, 5.41) is 11.8. The molecule has 150 valence electrons. The lowest BCUT2D eigenvalue weighted by molar-refractivity contribution is -0.384. The highest BCUT2D eigenvalue weighted by atomic mass is 32.2. The second-order valence-electron chi connectivity index (χ2n) is 6.71. The van der Waals surface area contributed by atoms with E-state index in [2.05, 4.69) is 16.0 Å². The molecule has 7 nitrogen and oxygen atoms in total. The molecule has 0 N–H and O–H groups in total. The van der Waals surface area contributed by atoms with Crippen molar-refractivity contribution in [3.05, 3.63) is 63.7 Å². The Morgan fingerprint density at radius 2 is 1.83 bits per heavy atom. The minimum Gasteiger partial charge on any atom is -0.368 e. The van der Waals surface area contributed by atoms with Crippen molar-refractivity contribution in [3.63, 3.8) is 0 Å². The number of carbonyl (C=O) groups is 1. The summed E-state index contributed by atoms with van der Waals surface area (Å²) < 4.78 is 1.18. The predicted octanol–water partition coefficient (Wildman–Crippen LogP) is 3.79. The highest BCUT2D eigenvalue weighted by molar-refractivity contribution is 7.99. The molecule has 9 heteroatoms. The third kappa shape index (κ3) is 4.68. The zero-order valence-corrected chi connectivity index (χ0v) is 17.3. The fraction of sp³-hybridized carbons (Fsp3) is 0.300. The number of nitrogens with zero attached hydrogens (tertiary/aromatic N) is 4. The molecule has 1 saturated heterocycles. The maximum absolute atomic E-state index is 12.5. The zero-order chi connectivity index (χ0) is 20.2. The van der Waals surface area contributed by atoms with Gasteiger partial charge in [-0.2, -0.15) is 0 Å². The number of non-ortho nitro benzene ring substituents is 1. The fourth-order valence-electron chi connectivity index (χ4n) is 3.30. The summed E-state index contributed by atoms with van der Waals surface area (Å²) in [6, 6.07) is 14.6. The molecule has 0 unspecified atom stereocenters. The van der Waals surface area contributed by atoms with Gasteiger partial charge in [-0.15, -0.1) is 23.1 Å². The first-order chi connectivity index (χ1) is 14.1. The van der Waals surface area contributed by atoms with Gasteiger partial charge in [-0.25, -0.2) is 4.98 Å². The Morgan fingerprint density at radius 3 is 2.52 bits per heavy atom. The molecule has 0 aliphatic carbocycles. The molecule has 0 spiro atoms. The van der Waals surface area contributed by atoms with Gasteiger partial charge in [-0.05, 0) is 24.3 Å². The van der Waals surface area contributed by atoms with Crippen molar-refractivity contribution >= 4 is 50.6 Å². The number of aromatic nitrogens is 1. The summed E-state index contributed by atoms with van der Waals surface area (Å²) in [6.45, 7) is 2.78. The average Bonchev–Trinajstić information content (AvgIpc) is 3.16. The van der Waals surface area contributed by atoms with Gasteiger partial charge in [0.1, 0.15) is 5.01 Å². The van der Waals surface area contributed by atoms with E-state index < -0.39 is 4.92 Å². The lowest BCUT2D eigenvalue weighted by Gasteiger charge is -2.36. The largest absolute Gasteiger partial charge is 0.368 e. The van der Waals surface area contributed by atoms with Gasteiger partial charge in [0.2, 0.25) is 5.91 Å². The lowest BCUT2D eigenvalue weighted by Crippen LogP contribution is -2.49. The minimum atomic E-state index is -0.396. The number of fused-ring (bicyclic) bond motifs is 1. The summed E-state index contributed by atoms with van der Waals surface area (Å²) in [7, 11) is 0. The van der Waals surface area contributed by atoms with Crippen LogP contribution in [0.15, 0.2) is 48.5 Å². The molecule has 29 heavy (non-hydrogen) atoms. The molecule has 0 radical (unpaired) electrons. The number of thioether (sulfide) groups is 1. The van der Waals surface area contributed by atoms with E-state index in [0.717, 1.165) is 35.1 Å². The monoisotopic (exact) mass is 428 g/mol. The maximum atomic E-state index is 12.5. The smallest absolute Gasteiger partial charge is 0.269 e. The number of benzene rings is 2. The molecule has 1 aromatic heterocycles. The van der Waals surface area contributed by atoms with E-state index in [1.165, 1.54) is 16.8 Å². The van der Waals surface area contributed by atoms with Gasteiger partial charge in [0.25, 0.3) is 5.69 Å². The van der Waals surface area contributed by atoms with Crippen molar-refractivity contribution < 1.29 is 9.72 Å². The Balaban J connectivity index is 1.24. The van der Waals surface area contributed by atoms with Crippen LogP contribution in [-0.2, 0) is 10.5 Å². The Hall–Kier alpha value is -2.65. The van der Waals surface area contributed by atoms with Gasteiger partial charge in [0.15, 0.2) is 0 Å². The van der Waals surface area contributed by atoms with E-state index in [0.29, 0.717) is 18.8 Å². The van der Waals surface area contributed by atoms with Crippen molar-refractivity contribution in [2.24, 2.45) is 0 Å². The van der Waals surface area contributed by atoms with Gasteiger partial charge < -0.3 is 9.80 Å². The van der Waals surface area contributed by atoms with Gasteiger partial charge in [0, 0.05) is 49.8 Å². The van der Waals surface area contributed by atoms with Crippen LogP contribution in [0.25, 0.3) is 10.2 Å². The topological polar surface area (TPSA) is 79.6 Å². The normalized spacial score (nSPS) is 14.3. The SMILES string of the molecule is O=C(CSCc1nc2ccccc2s1)N1CCN(c2ccc([N+](=O)[O-])cc2)CC1. The molecule has 2 heterocycles. The van der Waals surface area contributed by atoms with Crippen LogP contribution < -0.4 is 4.90 Å². The number of rotatable bonds is 6. The van der Waals surface area contributed by atoms with E-state index >= 15 is 0 Å². The first-order valence-corrected chi connectivity index (χ1v) is 11.3. The first-order valence-electron chi connectivity index (χ1n) is 9.29. The predicted molar refractivity (Wildman–Crippen MR) is 118 cm³/mol. The summed E-state index contributed by atoms with van der Waals surface area (Å²) in [5.74, 6) is 1.35. The van der Waals surface area contributed by atoms with E-state index in [9.17, 15) is 14.9 Å². The standard InChI is InChI=1S/C20H20N4O3S2/c25-20(14-28-13-19-21-17-3-1-2-4-18(17)29-19)23-11-9-22(10-12-23)15-5-7-16(8-6-15)24(26)27/h1-8H,9-14H2. The number of piperazine rings is 1. The van der Waals surface area contributed by atoms with Crippen LogP contribution in [0.1, 0.15) is 5.01 Å². The second-order valence-corrected chi connectivity index (χ2v) is 8.81. The minimum absolute atomic E-state index is 0.0905. The zero-order valence-electron chi connectivity index (χ0n) is 15.7. The van der Waals surface area contributed by atoms with Crippen LogP contribution in [0.4, 0.5) is 11.4 Å². The second kappa shape index (κ2) is 8.79. The highest BCUT2D eigenvalue weighted by Gasteiger charge is 2.21. The third-order valence-electron chi connectivity index (χ3n) is 4.85. The molecule has 0 saturated carbocycles. The fourth-order valence-corrected chi connectivity index (χ4v) is 5.24. The number of para-hydroxylation sites is 1. The Labute approximate surface area is 176 Å². The molecule has 2 aromatic carbocycles. The number of carbonyl (C=O) groups excluding carboxylic acids is 1. The number of hydrogen-bond donors (Lipinski definition) is 0. The van der Waals surface area contributed by atoms with Gasteiger partial charge in [-0.1, -0.05) is 12.1 Å². The van der Waals surface area contributed by atoms with Crippen molar-refractivity contribution in [3.8, 4) is 0 Å². The quantitative estimate of drug-likeness (QED) is 0.439. The van der Waals surface area contributed by atoms with E-state index in [1.807, 2.05) is 23.1 Å². The summed E-state index contributed by atoms with van der Waals surface area (Å²) >= 11 is 3.28. The molecule has 0 bridgehead atoms. The first kappa shape index (κ1) is 19.7. The molecule has 1 fully saturated rings. The van der Waals surface area contributed by atoms with Crippen LogP contribution in [-0.4, -0.2) is 52.6 Å². The number of amides is 1. The van der Waals surface area contributed by atoms with Gasteiger partial charge in [0.05, 0.1) is 20.9 Å². The number of nitro benzene ring substituents is 1. The van der Waals surface area contributed by atoms with Gasteiger partial charge >= 0.3 is 0 Å². The lowest BCUT2D eigenvalue weighted by atomic mass is 10.2. The van der Waals surface area contributed by atoms with Crippen LogP contribution >= 0.6 is 23.1 Å². The van der Waals surface area contributed by atoms with E-state index in [-0.39, 0.29) is 11.6 Å². The van der Waals surface area contributed by atoms with Crippen LogP contribution in [0, 0.1) is 10.1 Å². The maximum Gasteiger partial charge on any atom is 0.269 e. The number of hydrogen-bond acceptors (Lipinski definition) is 7. The third-order valence-corrected chi connectivity index (χ3v) is 7.00. The number of thiazole rings is 1. The van der Waals surface area contributed by atoms with Crippen molar-refractivity contribution in [2.75, 3.05) is 36.8 Å². The molecule has 0 atom stereocenters. The summed E-state index contributed by atoms with van der Waals surface area (Å²) in [6.07, 6.45) is 0. The van der Waals surface area contributed by atoms with E-state index in [1.54, 1.807) is 35.2 Å².